The molecule has 1 atom stereocenters. The van der Waals surface area contributed by atoms with Gasteiger partial charge in [0.15, 0.2) is 0 Å². The Labute approximate surface area is 234 Å². The number of carbonyl (C=O) groups is 2. The summed E-state index contributed by atoms with van der Waals surface area (Å²) in [5, 5.41) is 2.77. The Morgan fingerprint density at radius 1 is 0.947 bits per heavy atom. The number of likely N-dealkylation sites (N-methyl/N-ethyl adjacent to an activating group) is 1. The van der Waals surface area contributed by atoms with E-state index in [2.05, 4.69) is 21.2 Å². The number of para-hydroxylation sites is 1. The average molecular weight is 601 g/mol. The number of anilines is 1. The second-order valence-corrected chi connectivity index (χ2v) is 11.8. The number of nitrogens with one attached hydrogen (secondary N) is 1. The number of nitrogens with zero attached hydrogens (tertiary/aromatic N) is 2. The smallest absolute Gasteiger partial charge is 0.264 e. The van der Waals surface area contributed by atoms with Gasteiger partial charge in [0.05, 0.1) is 10.6 Å². The first-order valence-corrected chi connectivity index (χ1v) is 14.8. The Balaban J connectivity index is 2.06. The van der Waals surface area contributed by atoms with Crippen molar-refractivity contribution in [2.75, 3.05) is 17.4 Å². The van der Waals surface area contributed by atoms with Crippen molar-refractivity contribution < 1.29 is 18.0 Å². The standard InChI is InChI=1S/C29H34BrN3O4S/c1-5-24-9-7-8-10-27(24)33(38(36,37)26-17-11-21(3)12-18-26)20-28(34)32(22(4)29(35)31-6-2)19-23-13-15-25(30)16-14-23/h7-18,22H,5-6,19-20H2,1-4H3,(H,31,35)/t22-/m0/s1. The van der Waals surface area contributed by atoms with E-state index in [9.17, 15) is 18.0 Å². The molecule has 0 saturated heterocycles. The Hall–Kier alpha value is -3.17. The van der Waals surface area contributed by atoms with Crippen LogP contribution < -0.4 is 9.62 Å². The molecule has 0 spiro atoms. The molecule has 38 heavy (non-hydrogen) atoms. The zero-order valence-corrected chi connectivity index (χ0v) is 24.6. The van der Waals surface area contributed by atoms with Crippen LogP contribution in [0.25, 0.3) is 0 Å². The van der Waals surface area contributed by atoms with E-state index >= 15 is 0 Å². The average Bonchev–Trinajstić information content (AvgIpc) is 2.91. The second-order valence-electron chi connectivity index (χ2n) is 9.03. The van der Waals surface area contributed by atoms with Gasteiger partial charge in [-0.25, -0.2) is 8.42 Å². The number of carbonyl (C=O) groups excluding carboxylic acids is 2. The maximum absolute atomic E-state index is 13.9. The molecular formula is C29H34BrN3O4S. The fourth-order valence-electron chi connectivity index (χ4n) is 4.09. The predicted molar refractivity (Wildman–Crippen MR) is 154 cm³/mol. The van der Waals surface area contributed by atoms with E-state index < -0.39 is 28.5 Å². The molecule has 0 aliphatic heterocycles. The van der Waals surface area contributed by atoms with Gasteiger partial charge in [0, 0.05) is 17.6 Å². The summed E-state index contributed by atoms with van der Waals surface area (Å²) < 4.78 is 29.9. The number of hydrogen-bond donors (Lipinski definition) is 1. The first-order valence-electron chi connectivity index (χ1n) is 12.6. The van der Waals surface area contributed by atoms with Crippen LogP contribution in [0.3, 0.4) is 0 Å². The van der Waals surface area contributed by atoms with E-state index in [1.807, 2.05) is 57.2 Å². The third-order valence-electron chi connectivity index (χ3n) is 6.31. The molecule has 9 heteroatoms. The summed E-state index contributed by atoms with van der Waals surface area (Å²) in [7, 11) is -4.09. The molecule has 0 aliphatic rings. The van der Waals surface area contributed by atoms with E-state index in [0.717, 1.165) is 25.5 Å². The summed E-state index contributed by atoms with van der Waals surface area (Å²) in [5.41, 5.74) is 2.99. The predicted octanol–water partition coefficient (Wildman–Crippen LogP) is 5.07. The molecule has 0 unspecified atom stereocenters. The number of sulfonamides is 1. The molecule has 0 heterocycles. The topological polar surface area (TPSA) is 86.8 Å². The first-order chi connectivity index (χ1) is 18.1. The molecule has 3 aromatic rings. The minimum absolute atomic E-state index is 0.0954. The quantitative estimate of drug-likeness (QED) is 0.333. The van der Waals surface area contributed by atoms with Crippen molar-refractivity contribution in [2.45, 2.75) is 51.6 Å². The second kappa shape index (κ2) is 13.1. The molecule has 0 saturated carbocycles. The molecular weight excluding hydrogens is 566 g/mol. The number of benzene rings is 3. The summed E-state index contributed by atoms with van der Waals surface area (Å²) in [6.45, 7) is 7.40. The summed E-state index contributed by atoms with van der Waals surface area (Å²) in [5.74, 6) is -0.784. The highest BCUT2D eigenvalue weighted by molar-refractivity contribution is 9.10. The molecule has 3 rings (SSSR count). The molecule has 0 aromatic heterocycles. The van der Waals surface area contributed by atoms with Gasteiger partial charge in [0.2, 0.25) is 11.8 Å². The summed E-state index contributed by atoms with van der Waals surface area (Å²) in [6, 6.07) is 20.4. The van der Waals surface area contributed by atoms with Gasteiger partial charge < -0.3 is 10.2 Å². The van der Waals surface area contributed by atoms with E-state index in [0.29, 0.717) is 18.7 Å². The lowest BCUT2D eigenvalue weighted by molar-refractivity contribution is -0.139. The maximum Gasteiger partial charge on any atom is 0.264 e. The van der Waals surface area contributed by atoms with Gasteiger partial charge in [-0.1, -0.05) is 70.9 Å². The Bertz CT molecular complexity index is 1360. The van der Waals surface area contributed by atoms with Crippen molar-refractivity contribution in [3.63, 3.8) is 0 Å². The van der Waals surface area contributed by atoms with Gasteiger partial charge in [-0.2, -0.15) is 0 Å². The van der Waals surface area contributed by atoms with Crippen molar-refractivity contribution in [2.24, 2.45) is 0 Å². The molecule has 0 bridgehead atoms. The van der Waals surface area contributed by atoms with Crippen LogP contribution in [-0.2, 0) is 32.6 Å². The largest absolute Gasteiger partial charge is 0.355 e. The van der Waals surface area contributed by atoms with Gasteiger partial charge in [-0.15, -0.1) is 0 Å². The lowest BCUT2D eigenvalue weighted by Crippen LogP contribution is -2.51. The number of rotatable bonds is 11. The molecule has 0 aliphatic carbocycles. The van der Waals surface area contributed by atoms with Crippen LogP contribution in [-0.4, -0.2) is 44.3 Å². The Kier molecular flexibility index (Phi) is 10.1. The molecule has 7 nitrogen and oxygen atoms in total. The summed E-state index contributed by atoms with van der Waals surface area (Å²) >= 11 is 3.42. The van der Waals surface area contributed by atoms with Crippen LogP contribution >= 0.6 is 15.9 Å². The van der Waals surface area contributed by atoms with Crippen molar-refractivity contribution in [1.29, 1.82) is 0 Å². The monoisotopic (exact) mass is 599 g/mol. The van der Waals surface area contributed by atoms with Gasteiger partial charge in [-0.05, 0) is 68.7 Å². The van der Waals surface area contributed by atoms with Crippen molar-refractivity contribution in [3.8, 4) is 0 Å². The Morgan fingerprint density at radius 3 is 2.18 bits per heavy atom. The van der Waals surface area contributed by atoms with Crippen LogP contribution in [0.4, 0.5) is 5.69 Å². The van der Waals surface area contributed by atoms with Gasteiger partial charge in [-0.3, -0.25) is 13.9 Å². The zero-order valence-electron chi connectivity index (χ0n) is 22.1. The van der Waals surface area contributed by atoms with Gasteiger partial charge >= 0.3 is 0 Å². The molecule has 3 aromatic carbocycles. The van der Waals surface area contributed by atoms with Crippen molar-refractivity contribution in [1.82, 2.24) is 10.2 Å². The molecule has 1 N–H and O–H groups in total. The van der Waals surface area contributed by atoms with Crippen LogP contribution in [0.1, 0.15) is 37.5 Å². The van der Waals surface area contributed by atoms with E-state index in [1.165, 1.54) is 4.90 Å². The third-order valence-corrected chi connectivity index (χ3v) is 8.62. The molecule has 202 valence electrons. The van der Waals surface area contributed by atoms with Crippen LogP contribution in [0.2, 0.25) is 0 Å². The molecule has 2 amide bonds. The Morgan fingerprint density at radius 2 is 1.58 bits per heavy atom. The highest BCUT2D eigenvalue weighted by Crippen LogP contribution is 2.28. The van der Waals surface area contributed by atoms with Crippen LogP contribution in [0.15, 0.2) is 82.2 Å². The van der Waals surface area contributed by atoms with E-state index in [4.69, 9.17) is 0 Å². The molecule has 0 radical (unpaired) electrons. The minimum atomic E-state index is -4.09. The van der Waals surface area contributed by atoms with Crippen LogP contribution in [0, 0.1) is 6.92 Å². The van der Waals surface area contributed by atoms with Gasteiger partial charge in [0.1, 0.15) is 12.6 Å². The van der Waals surface area contributed by atoms with Crippen LogP contribution in [0.5, 0.6) is 0 Å². The summed E-state index contributed by atoms with van der Waals surface area (Å²) in [6.07, 6.45) is 0.586. The fraction of sp³-hybridized carbons (Fsp3) is 0.310. The zero-order chi connectivity index (χ0) is 27.9. The van der Waals surface area contributed by atoms with Crippen molar-refractivity contribution >= 4 is 43.5 Å². The SMILES string of the molecule is CCNC(=O)[C@H](C)N(Cc1ccc(Br)cc1)C(=O)CN(c1ccccc1CC)S(=O)(=O)c1ccc(C)cc1. The number of amides is 2. The molecule has 0 fully saturated rings. The van der Waals surface area contributed by atoms with Gasteiger partial charge in [0.25, 0.3) is 10.0 Å². The number of halogens is 1. The normalized spacial score (nSPS) is 12.0. The number of aryl methyl sites for hydroxylation is 2. The van der Waals surface area contributed by atoms with Crippen molar-refractivity contribution in [3.05, 3.63) is 94.0 Å². The van der Waals surface area contributed by atoms with E-state index in [1.54, 1.807) is 43.3 Å². The first kappa shape index (κ1) is 29.4. The lowest BCUT2D eigenvalue weighted by atomic mass is 10.1. The summed E-state index contributed by atoms with van der Waals surface area (Å²) in [4.78, 5) is 28.2. The highest BCUT2D eigenvalue weighted by Gasteiger charge is 2.33. The highest BCUT2D eigenvalue weighted by atomic mass is 79.9. The number of hydrogen-bond acceptors (Lipinski definition) is 4. The maximum atomic E-state index is 13.9. The minimum Gasteiger partial charge on any atom is -0.355 e. The third kappa shape index (κ3) is 7.02. The van der Waals surface area contributed by atoms with E-state index in [-0.39, 0.29) is 17.3 Å². The lowest BCUT2D eigenvalue weighted by Gasteiger charge is -2.32. The fourth-order valence-corrected chi connectivity index (χ4v) is 5.81.